The van der Waals surface area contributed by atoms with E-state index in [0.717, 1.165) is 24.0 Å². The minimum absolute atomic E-state index is 0.0130. The first-order valence-corrected chi connectivity index (χ1v) is 12.7. The average molecular weight is 691 g/mol. The maximum atomic E-state index is 12.1. The lowest BCUT2D eigenvalue weighted by molar-refractivity contribution is -0.384. The van der Waals surface area contributed by atoms with Crippen molar-refractivity contribution < 1.29 is 14.5 Å². The highest BCUT2D eigenvalue weighted by Crippen LogP contribution is 2.30. The molecule has 0 fully saturated rings. The Bertz CT molecular complexity index is 1390. The highest BCUT2D eigenvalue weighted by atomic mass is 127. The van der Waals surface area contributed by atoms with Gasteiger partial charge >= 0.3 is 0 Å². The van der Waals surface area contributed by atoms with Gasteiger partial charge in [0.25, 0.3) is 5.69 Å². The van der Waals surface area contributed by atoms with Crippen LogP contribution in [0.15, 0.2) is 84.0 Å². The topological polar surface area (TPSA) is 93.8 Å². The first-order valence-electron chi connectivity index (χ1n) is 10.5. The van der Waals surface area contributed by atoms with E-state index >= 15 is 0 Å². The fourth-order valence-corrected chi connectivity index (χ4v) is 5.63. The molecule has 0 aliphatic heterocycles. The van der Waals surface area contributed by atoms with Gasteiger partial charge in [-0.2, -0.15) is 5.10 Å². The van der Waals surface area contributed by atoms with Gasteiger partial charge in [-0.3, -0.25) is 14.9 Å². The molecule has 0 aliphatic rings. The van der Waals surface area contributed by atoms with Gasteiger partial charge in [0.2, 0.25) is 5.91 Å². The molecule has 7 nitrogen and oxygen atoms in total. The van der Waals surface area contributed by atoms with Gasteiger partial charge in [0.15, 0.2) is 0 Å². The number of nitrogens with zero attached hydrogens (tertiary/aromatic N) is 2. The minimum atomic E-state index is -0.475. The molecule has 9 heteroatoms. The van der Waals surface area contributed by atoms with Crippen LogP contribution < -0.4 is 10.2 Å². The molecule has 1 amide bonds. The van der Waals surface area contributed by atoms with E-state index in [1.165, 1.54) is 22.9 Å². The molecular formula is C26H19I2N3O4. The van der Waals surface area contributed by atoms with Crippen molar-refractivity contribution in [2.75, 3.05) is 0 Å². The third-order valence-electron chi connectivity index (χ3n) is 5.19. The summed E-state index contributed by atoms with van der Waals surface area (Å²) in [4.78, 5) is 22.4. The summed E-state index contributed by atoms with van der Waals surface area (Å²) >= 11 is 4.47. The van der Waals surface area contributed by atoms with Crippen molar-refractivity contribution in [2.45, 2.75) is 13.0 Å². The van der Waals surface area contributed by atoms with Crippen molar-refractivity contribution in [3.8, 4) is 5.75 Å². The quantitative estimate of drug-likeness (QED) is 0.103. The summed E-state index contributed by atoms with van der Waals surface area (Å²) in [5, 5.41) is 17.1. The Kier molecular flexibility index (Phi) is 8.29. The molecule has 0 saturated carbocycles. The van der Waals surface area contributed by atoms with Crippen LogP contribution in [0, 0.1) is 17.3 Å². The summed E-state index contributed by atoms with van der Waals surface area (Å²) in [5.74, 6) is 0.494. The van der Waals surface area contributed by atoms with E-state index in [2.05, 4.69) is 80.0 Å². The fraction of sp³-hybridized carbons (Fsp3) is 0.0769. The standard InChI is InChI=1S/C26H19I2N3O4/c27-23-12-18(15-29-30-25(32)14-17-8-10-21(11-9-17)31(33)34)13-24(28)26(23)35-16-20-6-3-5-19-4-1-2-7-22(19)20/h1-13,15H,14,16H2,(H,30,32)/b29-15-. The number of ether oxygens (including phenoxy) is 1. The Morgan fingerprint density at radius 2 is 1.69 bits per heavy atom. The Hall–Kier alpha value is -3.06. The summed E-state index contributed by atoms with van der Waals surface area (Å²) in [6.07, 6.45) is 1.65. The number of hydrogen-bond donors (Lipinski definition) is 1. The van der Waals surface area contributed by atoms with Crippen molar-refractivity contribution in [1.82, 2.24) is 5.43 Å². The second kappa shape index (κ2) is 11.6. The average Bonchev–Trinajstić information content (AvgIpc) is 2.84. The summed E-state index contributed by atoms with van der Waals surface area (Å²) in [5.41, 5.74) is 5.10. The Labute approximate surface area is 229 Å². The van der Waals surface area contributed by atoms with Crippen LogP contribution in [-0.4, -0.2) is 17.0 Å². The number of carbonyl (C=O) groups is 1. The van der Waals surface area contributed by atoms with E-state index in [0.29, 0.717) is 12.2 Å². The highest BCUT2D eigenvalue weighted by molar-refractivity contribution is 14.1. The van der Waals surface area contributed by atoms with Crippen LogP contribution in [0.4, 0.5) is 5.69 Å². The van der Waals surface area contributed by atoms with Crippen LogP contribution in [0.2, 0.25) is 0 Å². The SMILES string of the molecule is O=C(Cc1ccc([N+](=O)[O-])cc1)N/N=C\c1cc(I)c(OCc2cccc3ccccc23)c(I)c1. The Morgan fingerprint density at radius 3 is 2.40 bits per heavy atom. The van der Waals surface area contributed by atoms with Crippen LogP contribution in [0.25, 0.3) is 10.8 Å². The maximum Gasteiger partial charge on any atom is 0.269 e. The summed E-state index contributed by atoms with van der Waals surface area (Å²) in [7, 11) is 0. The molecule has 0 aromatic heterocycles. The number of halogens is 2. The monoisotopic (exact) mass is 691 g/mol. The zero-order valence-corrected chi connectivity index (χ0v) is 22.6. The zero-order chi connectivity index (χ0) is 24.8. The molecule has 0 unspecified atom stereocenters. The molecule has 0 radical (unpaired) electrons. The van der Waals surface area contributed by atoms with Gasteiger partial charge in [0.05, 0.1) is 24.7 Å². The van der Waals surface area contributed by atoms with Crippen molar-refractivity contribution in [2.24, 2.45) is 5.10 Å². The van der Waals surface area contributed by atoms with Crippen LogP contribution >= 0.6 is 45.2 Å². The molecule has 1 N–H and O–H groups in total. The van der Waals surface area contributed by atoms with E-state index < -0.39 is 4.92 Å². The molecule has 0 saturated heterocycles. The number of carbonyl (C=O) groups excluding carboxylic acids is 1. The molecule has 35 heavy (non-hydrogen) atoms. The van der Waals surface area contributed by atoms with Crippen molar-refractivity contribution in [3.63, 3.8) is 0 Å². The molecular weight excluding hydrogens is 672 g/mol. The van der Waals surface area contributed by atoms with E-state index in [4.69, 9.17) is 4.74 Å². The number of amides is 1. The molecule has 0 bridgehead atoms. The normalized spacial score (nSPS) is 11.0. The first-order chi connectivity index (χ1) is 16.9. The number of hydrogen-bond acceptors (Lipinski definition) is 5. The number of nitrogens with one attached hydrogen (secondary N) is 1. The lowest BCUT2D eigenvalue weighted by Crippen LogP contribution is -2.19. The predicted molar refractivity (Wildman–Crippen MR) is 153 cm³/mol. The minimum Gasteiger partial charge on any atom is -0.487 e. The van der Waals surface area contributed by atoms with Crippen molar-refractivity contribution in [1.29, 1.82) is 0 Å². The van der Waals surface area contributed by atoms with E-state index in [-0.39, 0.29) is 18.0 Å². The first kappa shape index (κ1) is 25.0. The second-order valence-electron chi connectivity index (χ2n) is 7.63. The van der Waals surface area contributed by atoms with Gasteiger partial charge in [-0.05, 0) is 84.8 Å². The van der Waals surface area contributed by atoms with Crippen LogP contribution in [0.5, 0.6) is 5.75 Å². The van der Waals surface area contributed by atoms with Gasteiger partial charge in [-0.1, -0.05) is 54.6 Å². The van der Waals surface area contributed by atoms with E-state index in [9.17, 15) is 14.9 Å². The van der Waals surface area contributed by atoms with Crippen LogP contribution in [0.1, 0.15) is 16.7 Å². The largest absolute Gasteiger partial charge is 0.487 e. The van der Waals surface area contributed by atoms with Crippen LogP contribution in [-0.2, 0) is 17.8 Å². The number of non-ortho nitro benzene ring substituents is 1. The van der Waals surface area contributed by atoms with Gasteiger partial charge < -0.3 is 4.74 Å². The number of nitro groups is 1. The van der Waals surface area contributed by atoms with Crippen LogP contribution in [0.3, 0.4) is 0 Å². The summed E-state index contributed by atoms with van der Waals surface area (Å²) < 4.78 is 8.05. The summed E-state index contributed by atoms with van der Waals surface area (Å²) in [6.45, 7) is 0.458. The molecule has 0 atom stereocenters. The number of benzene rings is 4. The predicted octanol–water partition coefficient (Wildman–Crippen LogP) is 6.23. The number of nitro benzene ring substituents is 1. The number of rotatable bonds is 8. The van der Waals surface area contributed by atoms with Gasteiger partial charge in [-0.15, -0.1) is 0 Å². The number of fused-ring (bicyclic) bond motifs is 1. The highest BCUT2D eigenvalue weighted by Gasteiger charge is 2.11. The third kappa shape index (κ3) is 6.54. The van der Waals surface area contributed by atoms with Gasteiger partial charge in [0, 0.05) is 12.1 Å². The van der Waals surface area contributed by atoms with E-state index in [1.807, 2.05) is 30.3 Å². The van der Waals surface area contributed by atoms with Crippen molar-refractivity contribution >= 4 is 73.8 Å². The Balaban J connectivity index is 1.37. The number of hydrazone groups is 1. The smallest absolute Gasteiger partial charge is 0.269 e. The zero-order valence-electron chi connectivity index (χ0n) is 18.3. The Morgan fingerprint density at radius 1 is 1.00 bits per heavy atom. The molecule has 4 rings (SSSR count). The molecule has 0 spiro atoms. The lowest BCUT2D eigenvalue weighted by atomic mass is 10.1. The molecule has 0 aliphatic carbocycles. The molecule has 0 heterocycles. The van der Waals surface area contributed by atoms with Gasteiger partial charge in [-0.25, -0.2) is 5.43 Å². The molecule has 176 valence electrons. The summed E-state index contributed by atoms with van der Waals surface area (Å²) in [6, 6.07) is 24.2. The molecule has 4 aromatic carbocycles. The lowest BCUT2D eigenvalue weighted by Gasteiger charge is -2.13. The second-order valence-corrected chi connectivity index (χ2v) is 9.96. The fourth-order valence-electron chi connectivity index (χ4n) is 3.50. The third-order valence-corrected chi connectivity index (χ3v) is 6.79. The van der Waals surface area contributed by atoms with E-state index in [1.54, 1.807) is 18.3 Å². The van der Waals surface area contributed by atoms with Crippen molar-refractivity contribution in [3.05, 3.63) is 113 Å². The molecule has 4 aromatic rings. The maximum absolute atomic E-state index is 12.1. The van der Waals surface area contributed by atoms with Gasteiger partial charge in [0.1, 0.15) is 12.4 Å².